The van der Waals surface area contributed by atoms with Crippen LogP contribution in [0.1, 0.15) is 2.85 Å². The Kier molecular flexibility index (Phi) is 94.5. The Morgan fingerprint density at radius 2 is 1.25 bits per heavy atom. The molecular weight excluding hydrogens is 332 g/mol. The molecule has 0 N–H and O–H groups in total. The predicted molar refractivity (Wildman–Crippen MR) is 12.2 cm³/mol. The van der Waals surface area contributed by atoms with Crippen LogP contribution in [0.4, 0.5) is 0 Å². The van der Waals surface area contributed by atoms with Crippen molar-refractivity contribution in [1.29, 1.82) is 0 Å². The zero-order valence-corrected chi connectivity index (χ0v) is 13.3. The second-order valence-corrected chi connectivity index (χ2v) is 0. The second-order valence-electron chi connectivity index (χ2n) is 0. The van der Waals surface area contributed by atoms with Crippen molar-refractivity contribution in [2.45, 2.75) is 0 Å². The maximum Gasteiger partial charge on any atom is 1.00 e. The number of rotatable bonds is 0. The van der Waals surface area contributed by atoms with Crippen LogP contribution in [0.5, 0.6) is 0 Å². The minimum absolute atomic E-state index is 0. The molecule has 0 aromatic rings. The smallest absolute Gasteiger partial charge is 1.00 e. The van der Waals surface area contributed by atoms with Gasteiger partial charge in [-0.2, -0.15) is 0 Å². The molecule has 0 aromatic carbocycles. The van der Waals surface area contributed by atoms with E-state index in [0.29, 0.717) is 0 Å². The summed E-state index contributed by atoms with van der Waals surface area (Å²) in [6.07, 6.45) is 0. The first-order valence-electron chi connectivity index (χ1n) is 0. The molecule has 0 fully saturated rings. The second kappa shape index (κ2) is 15.7. The van der Waals surface area contributed by atoms with Gasteiger partial charge in [0.15, 0.2) is 0 Å². The standard InChI is InChI=1S/Ga.Hg.K.Na.5H/q;;2*+1;;;;2*-1. The maximum atomic E-state index is 0. The Balaban J connectivity index is 0. The summed E-state index contributed by atoms with van der Waals surface area (Å²) in [7, 11) is 0. The molecule has 0 aliphatic heterocycles. The van der Waals surface area contributed by atoms with Crippen LogP contribution in [0.25, 0.3) is 0 Å². The van der Waals surface area contributed by atoms with Gasteiger partial charge in [0.25, 0.3) is 0 Å². The molecule has 0 atom stereocenters. The third kappa shape index (κ3) is 9.51. The molecular formula is H5GaHgKNa. The van der Waals surface area contributed by atoms with E-state index in [1.807, 2.05) is 0 Å². The molecule has 0 spiro atoms. The maximum absolute atomic E-state index is 0. The average Bonchev–Trinajstić information content (AvgIpc) is 0. The van der Waals surface area contributed by atoms with E-state index in [0.717, 1.165) is 0 Å². The minimum Gasteiger partial charge on any atom is -1.00 e. The van der Waals surface area contributed by atoms with E-state index in [-0.39, 0.29) is 131 Å². The van der Waals surface area contributed by atoms with Crippen LogP contribution < -0.4 is 80.9 Å². The largest absolute Gasteiger partial charge is 1.00 e. The van der Waals surface area contributed by atoms with Crippen molar-refractivity contribution in [2.75, 3.05) is 0 Å². The number of hydrogen-bond donors (Lipinski definition) is 0. The first-order chi connectivity index (χ1) is 0. The topological polar surface area (TPSA) is 0 Å². The Morgan fingerprint density at radius 3 is 1.25 bits per heavy atom. The van der Waals surface area contributed by atoms with Gasteiger partial charge in [-0.25, -0.2) is 0 Å². The Labute approximate surface area is 127 Å². The van der Waals surface area contributed by atoms with E-state index in [1.165, 1.54) is 0 Å². The molecule has 12 valence electrons. The van der Waals surface area contributed by atoms with Gasteiger partial charge in [-0.1, -0.05) is 0 Å². The van der Waals surface area contributed by atoms with Crippen molar-refractivity contribution in [2.24, 2.45) is 0 Å². The van der Waals surface area contributed by atoms with Gasteiger partial charge in [0.2, 0.25) is 0 Å². The summed E-state index contributed by atoms with van der Waals surface area (Å²) in [4.78, 5) is 0. The predicted octanol–water partition coefficient (Wildman–Crippen LogP) is -6.95. The summed E-state index contributed by atoms with van der Waals surface area (Å²) in [5, 5.41) is 0. The van der Waals surface area contributed by atoms with E-state index in [4.69, 9.17) is 0 Å². The number of hydrogen-bond acceptors (Lipinski definition) is 0. The Morgan fingerprint density at radius 1 is 1.25 bits per heavy atom. The third-order valence-corrected chi connectivity index (χ3v) is 0. The summed E-state index contributed by atoms with van der Waals surface area (Å²) in [5.41, 5.74) is 0. The van der Waals surface area contributed by atoms with Crippen LogP contribution in [0, 0.1) is 0 Å². The van der Waals surface area contributed by atoms with Crippen LogP contribution in [-0.2, 0) is 27.7 Å². The summed E-state index contributed by atoms with van der Waals surface area (Å²) in [6.45, 7) is 0. The zero-order valence-electron chi connectivity index (χ0n) is 4.71. The summed E-state index contributed by atoms with van der Waals surface area (Å²) in [5.74, 6) is 0. The molecule has 4 heteroatoms. The van der Waals surface area contributed by atoms with Crippen molar-refractivity contribution in [1.82, 2.24) is 0 Å². The molecule has 0 heterocycles. The molecule has 0 aliphatic rings. The quantitative estimate of drug-likeness (QED) is 0.386. The van der Waals surface area contributed by atoms with Gasteiger partial charge >= 0.3 is 101 Å². The molecule has 4 heavy (non-hydrogen) atoms. The molecule has 0 unspecified atom stereocenters. The summed E-state index contributed by atoms with van der Waals surface area (Å²) >= 11 is 0. The van der Waals surface area contributed by atoms with Gasteiger partial charge in [-0.3, -0.25) is 0 Å². The fraction of sp³-hybridized carbons (Fsp3) is 0. The molecule has 0 aromatic heterocycles. The van der Waals surface area contributed by atoms with E-state index in [2.05, 4.69) is 0 Å². The molecule has 0 amide bonds. The average molecular weight is 337 g/mol. The van der Waals surface area contributed by atoms with Crippen LogP contribution in [0.2, 0.25) is 0 Å². The van der Waals surface area contributed by atoms with Crippen molar-refractivity contribution in [3.8, 4) is 0 Å². The van der Waals surface area contributed by atoms with Gasteiger partial charge in [-0.15, -0.1) is 0 Å². The molecule has 0 nitrogen and oxygen atoms in total. The zero-order chi connectivity index (χ0) is 0. The Hall–Kier alpha value is 4.21. The van der Waals surface area contributed by atoms with Gasteiger partial charge in [-0.05, 0) is 0 Å². The Bertz CT molecular complexity index is 13.5. The first kappa shape index (κ1) is 24.1. The van der Waals surface area contributed by atoms with Gasteiger partial charge < -0.3 is 2.85 Å². The molecule has 0 radical (unpaired) electrons. The van der Waals surface area contributed by atoms with Crippen molar-refractivity contribution in [3.05, 3.63) is 0 Å². The van der Waals surface area contributed by atoms with Crippen molar-refractivity contribution >= 4 is 19.8 Å². The molecule has 0 saturated carbocycles. The summed E-state index contributed by atoms with van der Waals surface area (Å²) < 4.78 is 0. The normalized spacial score (nSPS) is 0. The van der Waals surface area contributed by atoms with Gasteiger partial charge in [0, 0.05) is 27.7 Å². The van der Waals surface area contributed by atoms with Crippen molar-refractivity contribution < 1.29 is 111 Å². The van der Waals surface area contributed by atoms with Crippen LogP contribution in [0.15, 0.2) is 0 Å². The van der Waals surface area contributed by atoms with Crippen LogP contribution >= 0.6 is 0 Å². The SMILES string of the molecule is [GaH3].[H-].[H-].[Hg].[K+].[Na+]. The van der Waals surface area contributed by atoms with Crippen LogP contribution in [0.3, 0.4) is 0 Å². The molecule has 0 rings (SSSR count). The fourth-order valence-corrected chi connectivity index (χ4v) is 0. The van der Waals surface area contributed by atoms with E-state index >= 15 is 0 Å². The van der Waals surface area contributed by atoms with E-state index < -0.39 is 0 Å². The minimum atomic E-state index is 0. The first-order valence-corrected chi connectivity index (χ1v) is 0. The van der Waals surface area contributed by atoms with E-state index in [9.17, 15) is 0 Å². The summed E-state index contributed by atoms with van der Waals surface area (Å²) in [6, 6.07) is 0. The molecule has 0 bridgehead atoms. The monoisotopic (exact) mass is 338 g/mol. The fourth-order valence-electron chi connectivity index (χ4n) is 0. The van der Waals surface area contributed by atoms with Crippen LogP contribution in [-0.4, -0.2) is 19.8 Å². The third-order valence-electron chi connectivity index (χ3n) is 0. The van der Waals surface area contributed by atoms with Gasteiger partial charge in [0.05, 0.1) is 0 Å². The molecule has 0 saturated heterocycles. The van der Waals surface area contributed by atoms with Gasteiger partial charge in [0.1, 0.15) is 0 Å². The van der Waals surface area contributed by atoms with E-state index in [1.54, 1.807) is 0 Å². The van der Waals surface area contributed by atoms with Crippen molar-refractivity contribution in [3.63, 3.8) is 0 Å². The molecule has 0 aliphatic carbocycles.